The fraction of sp³-hybridized carbons (Fsp3) is 0.600. The van der Waals surface area contributed by atoms with Crippen molar-refractivity contribution in [2.24, 2.45) is 9.98 Å². The number of aliphatic imine (C=N–C) groups is 2. The zero-order chi connectivity index (χ0) is 18.9. The van der Waals surface area contributed by atoms with E-state index in [1.165, 1.54) is 0 Å². The van der Waals surface area contributed by atoms with Crippen molar-refractivity contribution in [2.75, 3.05) is 40.3 Å². The summed E-state index contributed by atoms with van der Waals surface area (Å²) in [5.74, 6) is 0. The van der Waals surface area contributed by atoms with E-state index in [4.69, 9.17) is 4.74 Å². The molecular formula is C20H32N4O2. The molecule has 26 heavy (non-hydrogen) atoms. The lowest BCUT2D eigenvalue weighted by atomic mass is 10.2. The Hall–Kier alpha value is -2.17. The molecule has 1 aromatic rings. The quantitative estimate of drug-likeness (QED) is 0.432. The number of nitrogens with zero attached hydrogens (tertiary/aromatic N) is 3. The molecule has 0 spiro atoms. The van der Waals surface area contributed by atoms with Gasteiger partial charge in [0.2, 0.25) is 0 Å². The van der Waals surface area contributed by atoms with Crippen LogP contribution in [0.3, 0.4) is 0 Å². The molecule has 0 saturated carbocycles. The van der Waals surface area contributed by atoms with E-state index in [1.54, 1.807) is 0 Å². The van der Waals surface area contributed by atoms with Crippen LogP contribution >= 0.6 is 0 Å². The van der Waals surface area contributed by atoms with Crippen LogP contribution in [0.5, 0.6) is 0 Å². The molecular weight excluding hydrogens is 328 g/mol. The summed E-state index contributed by atoms with van der Waals surface area (Å²) in [6.45, 7) is 3.54. The predicted molar refractivity (Wildman–Crippen MR) is 106 cm³/mol. The van der Waals surface area contributed by atoms with E-state index in [2.05, 4.69) is 40.3 Å². The maximum Gasteiger partial charge on any atom is 0.407 e. The fourth-order valence-corrected chi connectivity index (χ4v) is 2.25. The number of carbonyl (C=O) groups excluding carboxylic acids is 1. The van der Waals surface area contributed by atoms with Crippen LogP contribution in [0.4, 0.5) is 4.79 Å². The van der Waals surface area contributed by atoms with Crippen LogP contribution in [0.2, 0.25) is 0 Å². The summed E-state index contributed by atoms with van der Waals surface area (Å²) in [4.78, 5) is 22.0. The number of hydrogen-bond donors (Lipinski definition) is 1. The van der Waals surface area contributed by atoms with Gasteiger partial charge in [-0.25, -0.2) is 14.8 Å². The first kappa shape index (κ1) is 21.9. The van der Waals surface area contributed by atoms with Crippen molar-refractivity contribution in [3.8, 4) is 0 Å². The van der Waals surface area contributed by atoms with Crippen molar-refractivity contribution < 1.29 is 9.53 Å². The van der Waals surface area contributed by atoms with E-state index in [0.717, 1.165) is 57.3 Å². The molecule has 0 unspecified atom stereocenters. The summed E-state index contributed by atoms with van der Waals surface area (Å²) in [5, 5.41) is 2.78. The molecule has 144 valence electrons. The molecule has 1 amide bonds. The zero-order valence-corrected chi connectivity index (χ0v) is 16.1. The summed E-state index contributed by atoms with van der Waals surface area (Å²) in [5.41, 5.74) is 0.990. The van der Waals surface area contributed by atoms with Gasteiger partial charge < -0.3 is 15.0 Å². The molecule has 0 saturated heterocycles. The number of nitrogens with one attached hydrogen (secondary N) is 1. The molecule has 1 N–H and O–H groups in total. The van der Waals surface area contributed by atoms with Crippen LogP contribution in [0.25, 0.3) is 0 Å². The van der Waals surface area contributed by atoms with Crippen LogP contribution in [0.1, 0.15) is 37.7 Å². The number of hydrogen-bond acceptors (Lipinski definition) is 5. The molecule has 1 rings (SSSR count). The second kappa shape index (κ2) is 15.1. The minimum atomic E-state index is -0.357. The lowest BCUT2D eigenvalue weighted by molar-refractivity contribution is 0.139. The van der Waals surface area contributed by atoms with E-state index in [-0.39, 0.29) is 6.09 Å². The van der Waals surface area contributed by atoms with E-state index < -0.39 is 0 Å². The van der Waals surface area contributed by atoms with Gasteiger partial charge in [-0.05, 0) is 45.5 Å². The number of carbonyl (C=O) groups is 1. The molecule has 1 aromatic carbocycles. The van der Waals surface area contributed by atoms with Gasteiger partial charge in [-0.1, -0.05) is 43.2 Å². The summed E-state index contributed by atoms with van der Waals surface area (Å²) < 4.78 is 5.15. The molecule has 6 heteroatoms. The fourth-order valence-electron chi connectivity index (χ4n) is 2.25. The standard InChI is InChI=1S/C20H32N4O2/c1-24(2)16-10-14-22-18-21-13-8-3-4-9-15-23-20(25)26-17-19-11-6-5-7-12-19/h5-7,11-12H,3-4,8-10,13-17H2,1-2H3,(H,23,25). The number of amides is 1. The average Bonchev–Trinajstić information content (AvgIpc) is 2.64. The first-order chi connectivity index (χ1) is 12.7. The first-order valence-corrected chi connectivity index (χ1v) is 9.36. The summed E-state index contributed by atoms with van der Waals surface area (Å²) >= 11 is 0. The van der Waals surface area contributed by atoms with Crippen LogP contribution in [0.15, 0.2) is 40.3 Å². The van der Waals surface area contributed by atoms with Crippen LogP contribution in [-0.4, -0.2) is 57.3 Å². The lowest BCUT2D eigenvalue weighted by Gasteiger charge is -2.06. The van der Waals surface area contributed by atoms with E-state index >= 15 is 0 Å². The second-order valence-electron chi connectivity index (χ2n) is 6.42. The largest absolute Gasteiger partial charge is 0.445 e. The van der Waals surface area contributed by atoms with Crippen molar-refractivity contribution in [1.29, 1.82) is 0 Å². The second-order valence-corrected chi connectivity index (χ2v) is 6.42. The Labute approximate surface area is 157 Å². The highest BCUT2D eigenvalue weighted by molar-refractivity contribution is 5.67. The number of benzene rings is 1. The summed E-state index contributed by atoms with van der Waals surface area (Å²) in [6, 6.07) is 12.4. The van der Waals surface area contributed by atoms with Crippen molar-refractivity contribution >= 4 is 12.1 Å². The monoisotopic (exact) mass is 360 g/mol. The van der Waals surface area contributed by atoms with Gasteiger partial charge in [-0.3, -0.25) is 0 Å². The Morgan fingerprint density at radius 2 is 1.73 bits per heavy atom. The minimum Gasteiger partial charge on any atom is -0.445 e. The van der Waals surface area contributed by atoms with Gasteiger partial charge in [-0.15, -0.1) is 0 Å². The van der Waals surface area contributed by atoms with Gasteiger partial charge in [0.1, 0.15) is 6.61 Å². The Kier molecular flexibility index (Phi) is 12.7. The maximum atomic E-state index is 11.6. The SMILES string of the molecule is CN(C)CCCN=C=NCCCCCCNC(=O)OCc1ccccc1. The van der Waals surface area contributed by atoms with Gasteiger partial charge in [0.05, 0.1) is 12.6 Å². The third-order valence-electron chi connectivity index (χ3n) is 3.70. The van der Waals surface area contributed by atoms with Crippen LogP contribution in [0, 0.1) is 0 Å². The number of ether oxygens (including phenoxy) is 1. The van der Waals surface area contributed by atoms with Crippen LogP contribution < -0.4 is 5.32 Å². The van der Waals surface area contributed by atoms with Gasteiger partial charge in [0, 0.05) is 13.1 Å². The summed E-state index contributed by atoms with van der Waals surface area (Å²) in [6.07, 6.45) is 4.81. The van der Waals surface area contributed by atoms with Crippen molar-refractivity contribution in [2.45, 2.75) is 38.7 Å². The molecule has 6 nitrogen and oxygen atoms in total. The molecule has 0 aromatic heterocycles. The third kappa shape index (κ3) is 13.2. The molecule has 0 aliphatic carbocycles. The number of alkyl carbamates (subject to hydrolysis) is 1. The molecule has 0 aliphatic heterocycles. The highest BCUT2D eigenvalue weighted by Crippen LogP contribution is 2.01. The normalized spacial score (nSPS) is 10.3. The maximum absolute atomic E-state index is 11.6. The smallest absolute Gasteiger partial charge is 0.407 e. The highest BCUT2D eigenvalue weighted by Gasteiger charge is 2.01. The Balaban J connectivity index is 1.89. The minimum absolute atomic E-state index is 0.307. The first-order valence-electron chi connectivity index (χ1n) is 9.36. The van der Waals surface area contributed by atoms with Crippen molar-refractivity contribution in [3.63, 3.8) is 0 Å². The number of unbranched alkanes of at least 4 members (excludes halogenated alkanes) is 3. The predicted octanol–water partition coefficient (Wildman–Crippen LogP) is 3.60. The molecule has 0 aliphatic rings. The Morgan fingerprint density at radius 1 is 1.04 bits per heavy atom. The van der Waals surface area contributed by atoms with Gasteiger partial charge in [-0.2, -0.15) is 0 Å². The molecule has 0 bridgehead atoms. The van der Waals surface area contributed by atoms with E-state index in [9.17, 15) is 4.79 Å². The average molecular weight is 361 g/mol. The van der Waals surface area contributed by atoms with Gasteiger partial charge >= 0.3 is 6.09 Å². The third-order valence-corrected chi connectivity index (χ3v) is 3.70. The van der Waals surface area contributed by atoms with Crippen LogP contribution in [-0.2, 0) is 11.3 Å². The zero-order valence-electron chi connectivity index (χ0n) is 16.1. The number of rotatable bonds is 13. The Morgan fingerprint density at radius 3 is 2.46 bits per heavy atom. The topological polar surface area (TPSA) is 66.3 Å². The molecule has 0 heterocycles. The van der Waals surface area contributed by atoms with Crippen molar-refractivity contribution in [1.82, 2.24) is 10.2 Å². The molecule has 0 radical (unpaired) electrons. The van der Waals surface area contributed by atoms with Gasteiger partial charge in [0.15, 0.2) is 0 Å². The summed E-state index contributed by atoms with van der Waals surface area (Å²) in [7, 11) is 4.11. The van der Waals surface area contributed by atoms with Gasteiger partial charge in [0.25, 0.3) is 0 Å². The molecule has 0 atom stereocenters. The van der Waals surface area contributed by atoms with Crippen molar-refractivity contribution in [3.05, 3.63) is 35.9 Å². The lowest BCUT2D eigenvalue weighted by Crippen LogP contribution is -2.25. The highest BCUT2D eigenvalue weighted by atomic mass is 16.5. The molecule has 0 fully saturated rings. The van der Waals surface area contributed by atoms with E-state index in [0.29, 0.717) is 13.2 Å². The van der Waals surface area contributed by atoms with E-state index in [1.807, 2.05) is 30.3 Å². The Bertz CT molecular complexity index is 540.